The first-order valence-corrected chi connectivity index (χ1v) is 9.23. The van der Waals surface area contributed by atoms with E-state index in [1.54, 1.807) is 12.1 Å². The maximum Gasteiger partial charge on any atom is 0.220 e. The Hall–Kier alpha value is -3.47. The summed E-state index contributed by atoms with van der Waals surface area (Å²) in [6.45, 7) is 0.387. The molecule has 0 spiro atoms. The Labute approximate surface area is 162 Å². The quantitative estimate of drug-likeness (QED) is 0.545. The molecule has 4 rings (SSSR count). The number of imidazole rings is 1. The number of halogens is 1. The van der Waals surface area contributed by atoms with Gasteiger partial charge in [-0.2, -0.15) is 0 Å². The number of amides is 1. The molecule has 4 nitrogen and oxygen atoms in total. The highest BCUT2D eigenvalue weighted by atomic mass is 19.1. The van der Waals surface area contributed by atoms with Gasteiger partial charge in [0.2, 0.25) is 5.91 Å². The minimum Gasteiger partial charge on any atom is -0.352 e. The van der Waals surface area contributed by atoms with Gasteiger partial charge in [-0.15, -0.1) is 0 Å². The molecule has 0 radical (unpaired) electrons. The van der Waals surface area contributed by atoms with Crippen LogP contribution in [0.25, 0.3) is 16.9 Å². The van der Waals surface area contributed by atoms with Gasteiger partial charge in [-0.25, -0.2) is 9.37 Å². The van der Waals surface area contributed by atoms with Gasteiger partial charge in [-0.1, -0.05) is 48.5 Å². The number of rotatable bonds is 6. The number of pyridine rings is 1. The Bertz CT molecular complexity index is 1090. The predicted octanol–water partition coefficient (Wildman–Crippen LogP) is 4.39. The van der Waals surface area contributed by atoms with Crippen LogP contribution in [0.5, 0.6) is 0 Å². The first kappa shape index (κ1) is 17.9. The Morgan fingerprint density at radius 2 is 1.71 bits per heavy atom. The summed E-state index contributed by atoms with van der Waals surface area (Å²) in [5.74, 6) is -0.328. The van der Waals surface area contributed by atoms with E-state index in [0.717, 1.165) is 28.2 Å². The second-order valence-electron chi connectivity index (χ2n) is 6.61. The lowest BCUT2D eigenvalue weighted by Crippen LogP contribution is -2.23. The number of aryl methyl sites for hydroxylation is 1. The second-order valence-corrected chi connectivity index (χ2v) is 6.61. The molecule has 28 heavy (non-hydrogen) atoms. The monoisotopic (exact) mass is 373 g/mol. The van der Waals surface area contributed by atoms with Crippen molar-refractivity contribution < 1.29 is 9.18 Å². The van der Waals surface area contributed by atoms with E-state index in [4.69, 9.17) is 4.98 Å². The molecule has 1 amide bonds. The molecule has 0 fully saturated rings. The third kappa shape index (κ3) is 3.93. The van der Waals surface area contributed by atoms with Gasteiger partial charge in [0.15, 0.2) is 0 Å². The van der Waals surface area contributed by atoms with Crippen LogP contribution in [-0.4, -0.2) is 15.3 Å². The van der Waals surface area contributed by atoms with Crippen molar-refractivity contribution in [1.29, 1.82) is 0 Å². The SMILES string of the molecule is O=C(CCc1c(-c2ccccc2)nc2ccccn12)NCc1ccc(F)cc1. The summed E-state index contributed by atoms with van der Waals surface area (Å²) >= 11 is 0. The second kappa shape index (κ2) is 8.05. The number of hydrogen-bond donors (Lipinski definition) is 1. The molecular formula is C23H20FN3O. The van der Waals surface area contributed by atoms with Gasteiger partial charge < -0.3 is 9.72 Å². The van der Waals surface area contributed by atoms with E-state index in [-0.39, 0.29) is 11.7 Å². The Morgan fingerprint density at radius 3 is 2.50 bits per heavy atom. The molecule has 4 aromatic rings. The predicted molar refractivity (Wildman–Crippen MR) is 107 cm³/mol. The summed E-state index contributed by atoms with van der Waals surface area (Å²) in [6.07, 6.45) is 2.90. The first-order chi connectivity index (χ1) is 13.7. The van der Waals surface area contributed by atoms with E-state index in [1.807, 2.05) is 59.1 Å². The smallest absolute Gasteiger partial charge is 0.220 e. The third-order valence-electron chi connectivity index (χ3n) is 4.67. The first-order valence-electron chi connectivity index (χ1n) is 9.23. The van der Waals surface area contributed by atoms with Crippen molar-refractivity contribution in [1.82, 2.24) is 14.7 Å². The fourth-order valence-electron chi connectivity index (χ4n) is 3.24. The highest BCUT2D eigenvalue weighted by molar-refractivity contribution is 5.77. The van der Waals surface area contributed by atoms with Crippen LogP contribution in [0.3, 0.4) is 0 Å². The lowest BCUT2D eigenvalue weighted by molar-refractivity contribution is -0.121. The van der Waals surface area contributed by atoms with Gasteiger partial charge >= 0.3 is 0 Å². The molecule has 0 saturated carbocycles. The van der Waals surface area contributed by atoms with Gasteiger partial charge in [-0.05, 0) is 36.2 Å². The normalized spacial score (nSPS) is 10.9. The van der Waals surface area contributed by atoms with Crippen LogP contribution in [0.15, 0.2) is 79.0 Å². The lowest BCUT2D eigenvalue weighted by Gasteiger charge is -2.07. The van der Waals surface area contributed by atoms with Gasteiger partial charge in [0.05, 0.1) is 11.4 Å². The number of aromatic nitrogens is 2. The maximum atomic E-state index is 13.0. The van der Waals surface area contributed by atoms with E-state index in [9.17, 15) is 9.18 Å². The van der Waals surface area contributed by atoms with Crippen LogP contribution in [0, 0.1) is 5.82 Å². The number of carbonyl (C=O) groups is 1. The summed E-state index contributed by atoms with van der Waals surface area (Å²) in [7, 11) is 0. The summed E-state index contributed by atoms with van der Waals surface area (Å²) in [6, 6.07) is 22.0. The van der Waals surface area contributed by atoms with Crippen LogP contribution < -0.4 is 5.32 Å². The van der Waals surface area contributed by atoms with E-state index >= 15 is 0 Å². The van der Waals surface area contributed by atoms with Gasteiger partial charge in [0.1, 0.15) is 11.5 Å². The van der Waals surface area contributed by atoms with Gasteiger partial charge in [-0.3, -0.25) is 4.79 Å². The van der Waals surface area contributed by atoms with Crippen molar-refractivity contribution in [2.24, 2.45) is 0 Å². The largest absolute Gasteiger partial charge is 0.352 e. The molecule has 1 N–H and O–H groups in total. The topological polar surface area (TPSA) is 46.4 Å². The molecule has 0 atom stereocenters. The maximum absolute atomic E-state index is 13.0. The van der Waals surface area contributed by atoms with Crippen molar-refractivity contribution >= 4 is 11.6 Å². The van der Waals surface area contributed by atoms with Crippen LogP contribution in [0.1, 0.15) is 17.7 Å². The summed E-state index contributed by atoms with van der Waals surface area (Å²) < 4.78 is 15.0. The highest BCUT2D eigenvalue weighted by Gasteiger charge is 2.15. The fourth-order valence-corrected chi connectivity index (χ4v) is 3.24. The Balaban J connectivity index is 1.49. The summed E-state index contributed by atoms with van der Waals surface area (Å²) in [5.41, 5.74) is 4.68. The molecule has 0 bridgehead atoms. The summed E-state index contributed by atoms with van der Waals surface area (Å²) in [5, 5.41) is 2.90. The van der Waals surface area contributed by atoms with Crippen LogP contribution >= 0.6 is 0 Å². The molecule has 2 aromatic heterocycles. The van der Waals surface area contributed by atoms with Crippen LogP contribution in [0.2, 0.25) is 0 Å². The molecule has 0 aliphatic heterocycles. The zero-order chi connectivity index (χ0) is 19.3. The average Bonchev–Trinajstić information content (AvgIpc) is 3.11. The highest BCUT2D eigenvalue weighted by Crippen LogP contribution is 2.25. The zero-order valence-corrected chi connectivity index (χ0v) is 15.3. The number of fused-ring (bicyclic) bond motifs is 1. The molecule has 0 aliphatic rings. The molecule has 140 valence electrons. The molecule has 0 saturated heterocycles. The standard InChI is InChI=1S/C23H20FN3O/c24-19-11-9-17(10-12-19)16-25-22(28)14-13-20-23(18-6-2-1-3-7-18)26-21-8-4-5-15-27(20)21/h1-12,15H,13-14,16H2,(H,25,28). The van der Waals surface area contributed by atoms with Crippen LogP contribution in [0.4, 0.5) is 4.39 Å². The lowest BCUT2D eigenvalue weighted by atomic mass is 10.1. The molecule has 0 unspecified atom stereocenters. The minimum absolute atomic E-state index is 0.0470. The van der Waals surface area contributed by atoms with Gasteiger partial charge in [0.25, 0.3) is 0 Å². The number of nitrogens with one attached hydrogen (secondary N) is 1. The van der Waals surface area contributed by atoms with Crippen molar-refractivity contribution in [2.45, 2.75) is 19.4 Å². The van der Waals surface area contributed by atoms with Gasteiger partial charge in [0, 0.05) is 24.7 Å². The number of carbonyl (C=O) groups excluding carboxylic acids is 1. The van der Waals surface area contributed by atoms with Crippen molar-refractivity contribution in [3.05, 3.63) is 96.1 Å². The zero-order valence-electron chi connectivity index (χ0n) is 15.3. The molecule has 0 aliphatic carbocycles. The molecular weight excluding hydrogens is 353 g/mol. The number of nitrogens with zero attached hydrogens (tertiary/aromatic N) is 2. The van der Waals surface area contributed by atoms with Crippen LogP contribution in [-0.2, 0) is 17.8 Å². The molecule has 5 heteroatoms. The Kier molecular flexibility index (Phi) is 5.15. The number of benzene rings is 2. The van der Waals surface area contributed by atoms with E-state index in [2.05, 4.69) is 5.32 Å². The van der Waals surface area contributed by atoms with Crippen molar-refractivity contribution in [3.8, 4) is 11.3 Å². The average molecular weight is 373 g/mol. The summed E-state index contributed by atoms with van der Waals surface area (Å²) in [4.78, 5) is 17.1. The molecule has 2 heterocycles. The van der Waals surface area contributed by atoms with E-state index in [0.29, 0.717) is 19.4 Å². The fraction of sp³-hybridized carbons (Fsp3) is 0.130. The molecule has 2 aromatic carbocycles. The van der Waals surface area contributed by atoms with E-state index in [1.165, 1.54) is 12.1 Å². The Morgan fingerprint density at radius 1 is 0.964 bits per heavy atom. The van der Waals surface area contributed by atoms with Crippen molar-refractivity contribution in [3.63, 3.8) is 0 Å². The van der Waals surface area contributed by atoms with E-state index < -0.39 is 0 Å². The minimum atomic E-state index is -0.281. The van der Waals surface area contributed by atoms with Crippen molar-refractivity contribution in [2.75, 3.05) is 0 Å². The third-order valence-corrected chi connectivity index (χ3v) is 4.67. The number of hydrogen-bond acceptors (Lipinski definition) is 2.